The lowest BCUT2D eigenvalue weighted by Crippen LogP contribution is -2.30. The fourth-order valence-electron chi connectivity index (χ4n) is 4.11. The van der Waals surface area contributed by atoms with E-state index >= 15 is 0 Å². The molecule has 142 valence electrons. The number of rotatable bonds is 3. The van der Waals surface area contributed by atoms with Gasteiger partial charge in [-0.15, -0.1) is 13.2 Å². The van der Waals surface area contributed by atoms with Gasteiger partial charge in [0.1, 0.15) is 5.75 Å². The van der Waals surface area contributed by atoms with E-state index < -0.39 is 18.0 Å². The fourth-order valence-corrected chi connectivity index (χ4v) is 4.11. The lowest BCUT2D eigenvalue weighted by molar-refractivity contribution is -0.274. The van der Waals surface area contributed by atoms with Crippen molar-refractivity contribution in [3.8, 4) is 5.75 Å². The standard InChI is InChI=1S/C20H19F3N2O2/c21-20(22,23)27-17-8-4-7-15-16-12-25(10-13-5-2-1-3-6-13)11-14(16)9-24-19(26)18(15)17/h1-8,14,16H,9-12H2,(H,24,26). The second-order valence-electron chi connectivity index (χ2n) is 7.02. The van der Waals surface area contributed by atoms with Gasteiger partial charge in [0.25, 0.3) is 5.91 Å². The van der Waals surface area contributed by atoms with E-state index in [0.29, 0.717) is 18.7 Å². The zero-order valence-electron chi connectivity index (χ0n) is 14.5. The average Bonchev–Trinajstić information content (AvgIpc) is 2.96. The van der Waals surface area contributed by atoms with Crippen LogP contribution in [0.2, 0.25) is 0 Å². The van der Waals surface area contributed by atoms with E-state index in [1.807, 2.05) is 18.2 Å². The first-order chi connectivity index (χ1) is 12.9. The molecule has 2 aromatic rings. The Morgan fingerprint density at radius 2 is 1.85 bits per heavy atom. The molecule has 2 aliphatic heterocycles. The number of halogens is 3. The first-order valence-electron chi connectivity index (χ1n) is 8.84. The predicted octanol–water partition coefficient (Wildman–Crippen LogP) is 3.54. The van der Waals surface area contributed by atoms with Crippen molar-refractivity contribution < 1.29 is 22.7 Å². The number of fused-ring (bicyclic) bond motifs is 3. The Kier molecular flexibility index (Phi) is 4.55. The largest absolute Gasteiger partial charge is 0.573 e. The summed E-state index contributed by atoms with van der Waals surface area (Å²) >= 11 is 0. The molecule has 2 atom stereocenters. The highest BCUT2D eigenvalue weighted by atomic mass is 19.4. The van der Waals surface area contributed by atoms with Crippen LogP contribution in [0, 0.1) is 5.92 Å². The lowest BCUT2D eigenvalue weighted by atomic mass is 9.87. The Morgan fingerprint density at radius 1 is 1.07 bits per heavy atom. The van der Waals surface area contributed by atoms with Gasteiger partial charge in [-0.05, 0) is 23.1 Å². The Hall–Kier alpha value is -2.54. The van der Waals surface area contributed by atoms with Gasteiger partial charge in [0.05, 0.1) is 5.56 Å². The summed E-state index contributed by atoms with van der Waals surface area (Å²) in [6.07, 6.45) is -4.84. The van der Waals surface area contributed by atoms with Gasteiger partial charge >= 0.3 is 6.36 Å². The van der Waals surface area contributed by atoms with E-state index in [-0.39, 0.29) is 17.4 Å². The minimum absolute atomic E-state index is 0.00360. The smallest absolute Gasteiger partial charge is 0.405 e. The summed E-state index contributed by atoms with van der Waals surface area (Å²) < 4.78 is 42.4. The highest BCUT2D eigenvalue weighted by Crippen LogP contribution is 2.40. The third-order valence-electron chi connectivity index (χ3n) is 5.20. The van der Waals surface area contributed by atoms with Crippen molar-refractivity contribution in [1.82, 2.24) is 10.2 Å². The molecule has 2 heterocycles. The molecule has 2 aliphatic rings. The number of nitrogens with one attached hydrogen (secondary N) is 1. The molecule has 1 N–H and O–H groups in total. The van der Waals surface area contributed by atoms with Crippen LogP contribution >= 0.6 is 0 Å². The van der Waals surface area contributed by atoms with Crippen molar-refractivity contribution >= 4 is 5.91 Å². The second kappa shape index (κ2) is 6.88. The number of likely N-dealkylation sites (tertiary alicyclic amines) is 1. The number of benzene rings is 2. The quantitative estimate of drug-likeness (QED) is 0.891. The van der Waals surface area contributed by atoms with Crippen LogP contribution in [0.1, 0.15) is 27.4 Å². The van der Waals surface area contributed by atoms with Crippen LogP contribution < -0.4 is 10.1 Å². The SMILES string of the molecule is O=C1NCC2CN(Cc3ccccc3)CC2c2cccc(OC(F)(F)F)c21. The maximum absolute atomic E-state index is 12.8. The third kappa shape index (κ3) is 3.78. The Morgan fingerprint density at radius 3 is 2.59 bits per heavy atom. The number of nitrogens with zero attached hydrogens (tertiary/aromatic N) is 1. The highest BCUT2D eigenvalue weighted by Gasteiger charge is 2.40. The molecular weight excluding hydrogens is 357 g/mol. The van der Waals surface area contributed by atoms with E-state index in [4.69, 9.17) is 0 Å². The number of amides is 1. The van der Waals surface area contributed by atoms with Crippen molar-refractivity contribution in [3.05, 3.63) is 65.2 Å². The molecule has 2 aromatic carbocycles. The molecular formula is C20H19F3N2O2. The van der Waals surface area contributed by atoms with E-state index in [1.165, 1.54) is 17.7 Å². The van der Waals surface area contributed by atoms with Gasteiger partial charge in [-0.2, -0.15) is 0 Å². The summed E-state index contributed by atoms with van der Waals surface area (Å²) in [4.78, 5) is 14.7. The normalized spacial score (nSPS) is 22.6. The number of hydrogen-bond donors (Lipinski definition) is 1. The number of ether oxygens (including phenoxy) is 1. The van der Waals surface area contributed by atoms with Crippen molar-refractivity contribution in [1.29, 1.82) is 0 Å². The zero-order valence-corrected chi connectivity index (χ0v) is 14.5. The van der Waals surface area contributed by atoms with Crippen LogP contribution in [0.5, 0.6) is 5.75 Å². The molecule has 0 spiro atoms. The minimum atomic E-state index is -4.84. The Balaban J connectivity index is 1.63. The molecule has 1 saturated heterocycles. The molecule has 2 unspecified atom stereocenters. The van der Waals surface area contributed by atoms with Crippen LogP contribution in [0.15, 0.2) is 48.5 Å². The molecule has 0 radical (unpaired) electrons. The topological polar surface area (TPSA) is 41.6 Å². The molecule has 27 heavy (non-hydrogen) atoms. The summed E-state index contributed by atoms with van der Waals surface area (Å²) in [5, 5.41) is 2.77. The number of hydrogen-bond acceptors (Lipinski definition) is 3. The van der Waals surface area contributed by atoms with Crippen LogP contribution in [0.3, 0.4) is 0 Å². The van der Waals surface area contributed by atoms with Crippen molar-refractivity contribution in [2.24, 2.45) is 5.92 Å². The van der Waals surface area contributed by atoms with Gasteiger partial charge < -0.3 is 10.1 Å². The van der Waals surface area contributed by atoms with Crippen molar-refractivity contribution in [2.45, 2.75) is 18.8 Å². The van der Waals surface area contributed by atoms with Crippen LogP contribution in [0.25, 0.3) is 0 Å². The van der Waals surface area contributed by atoms with E-state index in [2.05, 4.69) is 27.1 Å². The molecule has 0 bridgehead atoms. The van der Waals surface area contributed by atoms with Gasteiger partial charge in [0.2, 0.25) is 0 Å². The second-order valence-corrected chi connectivity index (χ2v) is 7.02. The number of carbonyl (C=O) groups excluding carboxylic acids is 1. The van der Waals surface area contributed by atoms with Crippen LogP contribution in [-0.4, -0.2) is 36.8 Å². The summed E-state index contributed by atoms with van der Waals surface area (Å²) in [5.41, 5.74) is 1.82. The summed E-state index contributed by atoms with van der Waals surface area (Å²) in [6, 6.07) is 14.5. The summed E-state index contributed by atoms with van der Waals surface area (Å²) in [6.45, 7) is 2.69. The van der Waals surface area contributed by atoms with E-state index in [9.17, 15) is 18.0 Å². The summed E-state index contributed by atoms with van der Waals surface area (Å²) in [5.74, 6) is -0.798. The minimum Gasteiger partial charge on any atom is -0.405 e. The van der Waals surface area contributed by atoms with Crippen LogP contribution in [-0.2, 0) is 6.54 Å². The maximum Gasteiger partial charge on any atom is 0.573 e. The molecule has 7 heteroatoms. The molecule has 4 nitrogen and oxygen atoms in total. The predicted molar refractivity (Wildman–Crippen MR) is 93.4 cm³/mol. The van der Waals surface area contributed by atoms with Gasteiger partial charge in [0.15, 0.2) is 0 Å². The van der Waals surface area contributed by atoms with Crippen LogP contribution in [0.4, 0.5) is 13.2 Å². The Bertz CT molecular complexity index is 839. The first kappa shape index (κ1) is 17.9. The number of alkyl halides is 3. The maximum atomic E-state index is 12.8. The van der Waals surface area contributed by atoms with Gasteiger partial charge in [0, 0.05) is 32.1 Å². The van der Waals surface area contributed by atoms with Crippen molar-refractivity contribution in [3.63, 3.8) is 0 Å². The molecule has 0 saturated carbocycles. The molecule has 4 rings (SSSR count). The average molecular weight is 376 g/mol. The highest BCUT2D eigenvalue weighted by molar-refractivity contribution is 5.99. The molecule has 0 aliphatic carbocycles. The fraction of sp³-hybridized carbons (Fsp3) is 0.350. The third-order valence-corrected chi connectivity index (χ3v) is 5.20. The molecule has 0 aromatic heterocycles. The number of carbonyl (C=O) groups is 1. The Labute approximate surface area is 154 Å². The van der Waals surface area contributed by atoms with Gasteiger partial charge in [-0.1, -0.05) is 42.5 Å². The van der Waals surface area contributed by atoms with E-state index in [0.717, 1.165) is 13.1 Å². The zero-order chi connectivity index (χ0) is 19.0. The van der Waals surface area contributed by atoms with Crippen molar-refractivity contribution in [2.75, 3.05) is 19.6 Å². The van der Waals surface area contributed by atoms with Gasteiger partial charge in [-0.3, -0.25) is 9.69 Å². The van der Waals surface area contributed by atoms with E-state index in [1.54, 1.807) is 6.07 Å². The first-order valence-corrected chi connectivity index (χ1v) is 8.84. The monoisotopic (exact) mass is 376 g/mol. The summed E-state index contributed by atoms with van der Waals surface area (Å²) in [7, 11) is 0. The molecule has 1 fully saturated rings. The lowest BCUT2D eigenvalue weighted by Gasteiger charge is -2.19. The molecule has 1 amide bonds. The van der Waals surface area contributed by atoms with Gasteiger partial charge in [-0.25, -0.2) is 0 Å².